The molecule has 0 atom stereocenters. The molecule has 0 saturated heterocycles. The van der Waals surface area contributed by atoms with Crippen molar-refractivity contribution >= 4 is 17.4 Å². The van der Waals surface area contributed by atoms with E-state index in [1.165, 1.54) is 22.3 Å². The van der Waals surface area contributed by atoms with Crippen molar-refractivity contribution in [3.05, 3.63) is 125 Å². The molecule has 0 aliphatic heterocycles. The topological polar surface area (TPSA) is 71.3 Å². The van der Waals surface area contributed by atoms with Crippen LogP contribution in [-0.4, -0.2) is 21.4 Å². The van der Waals surface area contributed by atoms with Gasteiger partial charge in [-0.05, 0) is 83.7 Å². The average molecular weight is 551 g/mol. The largest absolute Gasteiger partial charge is 0.481 e. The van der Waals surface area contributed by atoms with Crippen LogP contribution in [0.15, 0.2) is 91.3 Å². The summed E-state index contributed by atoms with van der Waals surface area (Å²) < 4.78 is 1.87. The summed E-state index contributed by atoms with van der Waals surface area (Å²) in [5.74, 6) is 0.363. The number of benzene rings is 3. The highest BCUT2D eigenvalue weighted by Gasteiger charge is 2.16. The van der Waals surface area contributed by atoms with Crippen molar-refractivity contribution in [3.63, 3.8) is 0 Å². The van der Waals surface area contributed by atoms with Gasteiger partial charge in [-0.15, -0.1) is 0 Å². The fourth-order valence-electron chi connectivity index (χ4n) is 5.17. The van der Waals surface area contributed by atoms with Gasteiger partial charge >= 0.3 is 5.97 Å². The summed E-state index contributed by atoms with van der Waals surface area (Å²) in [6, 6.07) is 27.2. The maximum Gasteiger partial charge on any atom is 0.303 e. The van der Waals surface area contributed by atoms with Gasteiger partial charge in [0.2, 0.25) is 0 Å². The van der Waals surface area contributed by atoms with Crippen LogP contribution >= 0.6 is 0 Å². The first-order chi connectivity index (χ1) is 19.7. The van der Waals surface area contributed by atoms with E-state index in [0.717, 1.165) is 18.5 Å². The van der Waals surface area contributed by atoms with Crippen molar-refractivity contribution in [2.24, 2.45) is 11.8 Å². The van der Waals surface area contributed by atoms with Crippen LogP contribution in [0.25, 0.3) is 0 Å². The first kappa shape index (κ1) is 29.9. The van der Waals surface area contributed by atoms with Gasteiger partial charge in [-0.25, -0.2) is 0 Å². The molecule has 5 heteroatoms. The summed E-state index contributed by atoms with van der Waals surface area (Å²) in [7, 11) is 0. The number of anilines is 1. The van der Waals surface area contributed by atoms with Gasteiger partial charge in [-0.3, -0.25) is 9.59 Å². The molecule has 0 aliphatic rings. The van der Waals surface area contributed by atoms with E-state index in [2.05, 4.69) is 81.5 Å². The lowest BCUT2D eigenvalue weighted by Crippen LogP contribution is -2.13. The van der Waals surface area contributed by atoms with Crippen LogP contribution < -0.4 is 5.32 Å². The number of nitrogens with one attached hydrogen (secondary N) is 1. The zero-order chi connectivity index (χ0) is 29.4. The number of aliphatic carboxylic acids is 1. The number of rotatable bonds is 14. The summed E-state index contributed by atoms with van der Waals surface area (Å²) in [5, 5.41) is 12.6. The van der Waals surface area contributed by atoms with Crippen molar-refractivity contribution in [1.29, 1.82) is 0 Å². The number of carbonyl (C=O) groups is 2. The normalized spacial score (nSPS) is 11.4. The molecular formula is C36H42N2O3. The molecule has 4 rings (SSSR count). The molecule has 214 valence electrons. The first-order valence-electron chi connectivity index (χ1n) is 14.6. The average Bonchev–Trinajstić information content (AvgIpc) is 3.41. The number of carbonyl (C=O) groups excluding carboxylic acids is 1. The van der Waals surface area contributed by atoms with Crippen LogP contribution in [0.5, 0.6) is 0 Å². The summed E-state index contributed by atoms with van der Waals surface area (Å²) in [6.45, 7) is 9.53. The molecule has 5 nitrogen and oxygen atoms in total. The number of hydrogen-bond acceptors (Lipinski definition) is 3. The molecule has 41 heavy (non-hydrogen) atoms. The monoisotopic (exact) mass is 550 g/mol. The van der Waals surface area contributed by atoms with E-state index in [1.54, 1.807) is 12.3 Å². The number of carboxylic acid groups (broad SMARTS) is 1. The van der Waals surface area contributed by atoms with E-state index < -0.39 is 5.97 Å². The predicted molar refractivity (Wildman–Crippen MR) is 167 cm³/mol. The molecule has 0 fully saturated rings. The summed E-state index contributed by atoms with van der Waals surface area (Å²) in [6.07, 6.45) is 6.38. The Kier molecular flexibility index (Phi) is 10.2. The fraction of sp³-hybridized carbons (Fsp3) is 0.333. The van der Waals surface area contributed by atoms with E-state index in [4.69, 9.17) is 5.11 Å². The van der Waals surface area contributed by atoms with Gasteiger partial charge in [0, 0.05) is 42.2 Å². The van der Waals surface area contributed by atoms with E-state index in [1.807, 2.05) is 35.0 Å². The lowest BCUT2D eigenvalue weighted by molar-refractivity contribution is -0.137. The highest BCUT2D eigenvalue weighted by atomic mass is 16.4. The molecule has 0 amide bonds. The Morgan fingerprint density at radius 1 is 0.732 bits per heavy atom. The fourth-order valence-corrected chi connectivity index (χ4v) is 5.17. The Balaban J connectivity index is 1.51. The molecular weight excluding hydrogens is 508 g/mol. The third-order valence-corrected chi connectivity index (χ3v) is 7.19. The van der Waals surface area contributed by atoms with E-state index >= 15 is 0 Å². The highest BCUT2D eigenvalue weighted by Crippen LogP contribution is 2.29. The molecule has 1 heterocycles. The number of aryl methyl sites for hydroxylation is 1. The molecule has 0 saturated carbocycles. The second-order valence-electron chi connectivity index (χ2n) is 11.8. The van der Waals surface area contributed by atoms with Crippen LogP contribution in [0.3, 0.4) is 0 Å². The molecule has 0 spiro atoms. The Labute approximate surface area is 244 Å². The molecule has 0 aliphatic carbocycles. The van der Waals surface area contributed by atoms with Crippen LogP contribution in [0, 0.1) is 11.8 Å². The van der Waals surface area contributed by atoms with Crippen molar-refractivity contribution in [1.82, 2.24) is 4.57 Å². The zero-order valence-corrected chi connectivity index (χ0v) is 24.6. The molecule has 0 unspecified atom stereocenters. The SMILES string of the molecule is CC(C)Cc1ccc(C(Nc2ccc(C(=O)c3ccn(CCCC(=O)O)c3)cc2)c2ccc(CC(C)C)cc2)cc1. The minimum Gasteiger partial charge on any atom is -0.481 e. The number of carboxylic acids is 1. The van der Waals surface area contributed by atoms with E-state index in [-0.39, 0.29) is 18.2 Å². The third-order valence-electron chi connectivity index (χ3n) is 7.19. The zero-order valence-electron chi connectivity index (χ0n) is 24.6. The standard InChI is InChI=1S/C36H42N2O3/c1-25(2)22-27-7-11-29(12-8-27)35(30-13-9-28(10-14-30)23-26(3)4)37-33-17-15-31(16-18-33)36(41)32-19-21-38(24-32)20-5-6-34(39)40/h7-19,21,24-26,35,37H,5-6,20,22-23H2,1-4H3,(H,39,40). The van der Waals surface area contributed by atoms with Crippen LogP contribution in [0.2, 0.25) is 0 Å². The minimum absolute atomic E-state index is 0.0300. The lowest BCUT2D eigenvalue weighted by atomic mass is 9.93. The summed E-state index contributed by atoms with van der Waals surface area (Å²) in [4.78, 5) is 23.9. The summed E-state index contributed by atoms with van der Waals surface area (Å²) in [5.41, 5.74) is 7.22. The Morgan fingerprint density at radius 2 is 1.27 bits per heavy atom. The number of nitrogens with zero attached hydrogens (tertiary/aromatic N) is 1. The van der Waals surface area contributed by atoms with Gasteiger partial charge < -0.3 is 15.0 Å². The van der Waals surface area contributed by atoms with Crippen LogP contribution in [0.1, 0.15) is 84.8 Å². The number of hydrogen-bond donors (Lipinski definition) is 2. The Morgan fingerprint density at radius 3 is 1.76 bits per heavy atom. The van der Waals surface area contributed by atoms with Gasteiger partial charge in [-0.2, -0.15) is 0 Å². The van der Waals surface area contributed by atoms with Gasteiger partial charge in [0.25, 0.3) is 0 Å². The second kappa shape index (κ2) is 14.0. The summed E-state index contributed by atoms with van der Waals surface area (Å²) >= 11 is 0. The van der Waals surface area contributed by atoms with Gasteiger partial charge in [0.15, 0.2) is 5.78 Å². The minimum atomic E-state index is -0.810. The molecule has 1 aromatic heterocycles. The Bertz CT molecular complexity index is 1360. The number of ketones is 1. The third kappa shape index (κ3) is 8.68. The van der Waals surface area contributed by atoms with Crippen LogP contribution in [0.4, 0.5) is 5.69 Å². The molecule has 4 aromatic rings. The van der Waals surface area contributed by atoms with E-state index in [0.29, 0.717) is 35.9 Å². The Hall–Kier alpha value is -4.12. The quantitative estimate of drug-likeness (QED) is 0.155. The maximum absolute atomic E-state index is 13.1. The highest BCUT2D eigenvalue weighted by molar-refractivity contribution is 6.09. The van der Waals surface area contributed by atoms with Crippen LogP contribution in [-0.2, 0) is 24.2 Å². The first-order valence-corrected chi connectivity index (χ1v) is 14.6. The molecule has 2 N–H and O–H groups in total. The van der Waals surface area contributed by atoms with Gasteiger partial charge in [0.05, 0.1) is 6.04 Å². The van der Waals surface area contributed by atoms with Gasteiger partial charge in [0.1, 0.15) is 0 Å². The smallest absolute Gasteiger partial charge is 0.303 e. The predicted octanol–water partition coefficient (Wildman–Crippen LogP) is 8.18. The van der Waals surface area contributed by atoms with Crippen molar-refractivity contribution in [2.75, 3.05) is 5.32 Å². The van der Waals surface area contributed by atoms with E-state index in [9.17, 15) is 9.59 Å². The van der Waals surface area contributed by atoms with Crippen molar-refractivity contribution in [3.8, 4) is 0 Å². The molecule has 0 radical (unpaired) electrons. The lowest BCUT2D eigenvalue weighted by Gasteiger charge is -2.22. The van der Waals surface area contributed by atoms with Gasteiger partial charge in [-0.1, -0.05) is 76.2 Å². The maximum atomic E-state index is 13.1. The van der Waals surface area contributed by atoms with Crippen molar-refractivity contribution in [2.45, 2.75) is 66.0 Å². The molecule has 0 bridgehead atoms. The second-order valence-corrected chi connectivity index (χ2v) is 11.8. The molecule has 3 aromatic carbocycles. The van der Waals surface area contributed by atoms with Crippen molar-refractivity contribution < 1.29 is 14.7 Å². The number of aromatic nitrogens is 1.